The van der Waals surface area contributed by atoms with E-state index in [1.807, 2.05) is 24.0 Å². The predicted molar refractivity (Wildman–Crippen MR) is 101 cm³/mol. The van der Waals surface area contributed by atoms with Crippen molar-refractivity contribution in [3.63, 3.8) is 0 Å². The Morgan fingerprint density at radius 1 is 1.07 bits per heavy atom. The molecule has 1 saturated heterocycles. The molecule has 0 radical (unpaired) electrons. The summed E-state index contributed by atoms with van der Waals surface area (Å²) in [5.74, 6) is 1.19. The molecule has 0 saturated carbocycles. The first kappa shape index (κ1) is 19.2. The van der Waals surface area contributed by atoms with Gasteiger partial charge in [-0.2, -0.15) is 0 Å². The SMILES string of the molecule is COc1cc(C(=O)N2CC[NH+](Cc3cc(F)ccc3OC)CC2)ccc1C. The number of benzene rings is 2. The quantitative estimate of drug-likeness (QED) is 0.868. The maximum atomic E-state index is 13.6. The minimum Gasteiger partial charge on any atom is -0.496 e. The Bertz CT molecular complexity index is 817. The van der Waals surface area contributed by atoms with E-state index in [1.165, 1.54) is 17.0 Å². The molecular formula is C21H26FN2O3+. The molecule has 144 valence electrons. The minimum atomic E-state index is -0.257. The van der Waals surface area contributed by atoms with Gasteiger partial charge in [-0.05, 0) is 42.8 Å². The molecule has 0 atom stereocenters. The summed E-state index contributed by atoms with van der Waals surface area (Å²) >= 11 is 0. The number of quaternary nitrogens is 1. The molecule has 3 rings (SSSR count). The number of hydrogen-bond acceptors (Lipinski definition) is 3. The molecule has 0 spiro atoms. The Labute approximate surface area is 159 Å². The molecule has 2 aromatic carbocycles. The number of carbonyl (C=O) groups excluding carboxylic acids is 1. The van der Waals surface area contributed by atoms with Crippen LogP contribution in [-0.2, 0) is 6.54 Å². The molecule has 0 bridgehead atoms. The van der Waals surface area contributed by atoms with Gasteiger partial charge in [-0.1, -0.05) is 6.07 Å². The number of carbonyl (C=O) groups is 1. The summed E-state index contributed by atoms with van der Waals surface area (Å²) in [6.45, 7) is 5.60. The Balaban J connectivity index is 1.62. The number of methoxy groups -OCH3 is 2. The van der Waals surface area contributed by atoms with E-state index in [1.54, 1.807) is 26.4 Å². The monoisotopic (exact) mass is 373 g/mol. The molecule has 1 heterocycles. The molecule has 1 aliphatic heterocycles. The normalized spacial score (nSPS) is 14.9. The maximum absolute atomic E-state index is 13.6. The largest absolute Gasteiger partial charge is 0.496 e. The number of ether oxygens (including phenoxy) is 2. The van der Waals surface area contributed by atoms with Crippen molar-refractivity contribution in [3.05, 3.63) is 58.9 Å². The predicted octanol–water partition coefficient (Wildman–Crippen LogP) is 1.69. The molecule has 1 amide bonds. The smallest absolute Gasteiger partial charge is 0.254 e. The zero-order chi connectivity index (χ0) is 19.4. The maximum Gasteiger partial charge on any atom is 0.254 e. The Hall–Kier alpha value is -2.60. The van der Waals surface area contributed by atoms with Gasteiger partial charge in [0, 0.05) is 5.56 Å². The third-order valence-corrected chi connectivity index (χ3v) is 5.10. The molecule has 0 aliphatic carbocycles. The molecule has 5 nitrogen and oxygen atoms in total. The van der Waals surface area contributed by atoms with Crippen molar-refractivity contribution in [3.8, 4) is 11.5 Å². The first-order chi connectivity index (χ1) is 13.0. The standard InChI is InChI=1S/C21H25FN2O3/c1-15-4-5-16(13-20(15)27-3)21(25)24-10-8-23(9-11-24)14-17-12-18(22)6-7-19(17)26-2/h4-7,12-13H,8-11,14H2,1-3H3/p+1. The Morgan fingerprint density at radius 2 is 1.78 bits per heavy atom. The lowest BCUT2D eigenvalue weighted by Gasteiger charge is -2.32. The average molecular weight is 373 g/mol. The fraction of sp³-hybridized carbons (Fsp3) is 0.381. The molecule has 6 heteroatoms. The number of rotatable bonds is 5. The number of piperazine rings is 1. The highest BCUT2D eigenvalue weighted by Gasteiger charge is 2.25. The average Bonchev–Trinajstić information content (AvgIpc) is 2.68. The van der Waals surface area contributed by atoms with Crippen LogP contribution in [0.4, 0.5) is 4.39 Å². The summed E-state index contributed by atoms with van der Waals surface area (Å²) in [5, 5.41) is 0. The number of hydrogen-bond donors (Lipinski definition) is 1. The van der Waals surface area contributed by atoms with Crippen molar-refractivity contribution in [2.24, 2.45) is 0 Å². The van der Waals surface area contributed by atoms with Crippen LogP contribution >= 0.6 is 0 Å². The Kier molecular flexibility index (Phi) is 5.96. The summed E-state index contributed by atoms with van der Waals surface area (Å²) in [5.41, 5.74) is 2.51. The molecule has 1 N–H and O–H groups in total. The summed E-state index contributed by atoms with van der Waals surface area (Å²) in [6, 6.07) is 10.1. The summed E-state index contributed by atoms with van der Waals surface area (Å²) in [7, 11) is 3.21. The van der Waals surface area contributed by atoms with E-state index in [9.17, 15) is 9.18 Å². The van der Waals surface area contributed by atoms with Crippen molar-refractivity contribution < 1.29 is 23.6 Å². The minimum absolute atomic E-state index is 0.0238. The van der Waals surface area contributed by atoms with E-state index >= 15 is 0 Å². The topological polar surface area (TPSA) is 43.2 Å². The molecule has 1 fully saturated rings. The number of halogens is 1. The van der Waals surface area contributed by atoms with Gasteiger partial charge in [-0.25, -0.2) is 4.39 Å². The van der Waals surface area contributed by atoms with Gasteiger partial charge < -0.3 is 19.3 Å². The zero-order valence-corrected chi connectivity index (χ0v) is 16.0. The number of nitrogens with zero attached hydrogens (tertiary/aromatic N) is 1. The zero-order valence-electron chi connectivity index (χ0n) is 16.0. The van der Waals surface area contributed by atoms with E-state index in [0.29, 0.717) is 30.9 Å². The van der Waals surface area contributed by atoms with Crippen molar-refractivity contribution in [2.45, 2.75) is 13.5 Å². The van der Waals surface area contributed by atoms with Gasteiger partial charge >= 0.3 is 0 Å². The van der Waals surface area contributed by atoms with Crippen molar-refractivity contribution in [1.82, 2.24) is 4.90 Å². The van der Waals surface area contributed by atoms with Crippen LogP contribution in [0.2, 0.25) is 0 Å². The van der Waals surface area contributed by atoms with Crippen LogP contribution in [-0.4, -0.2) is 51.2 Å². The molecule has 2 aromatic rings. The molecule has 0 unspecified atom stereocenters. The lowest BCUT2D eigenvalue weighted by molar-refractivity contribution is -0.917. The van der Waals surface area contributed by atoms with Crippen molar-refractivity contribution in [1.29, 1.82) is 0 Å². The van der Waals surface area contributed by atoms with E-state index in [4.69, 9.17) is 9.47 Å². The molecule has 1 aliphatic rings. The second kappa shape index (κ2) is 8.39. The summed E-state index contributed by atoms with van der Waals surface area (Å²) in [4.78, 5) is 16.0. The Morgan fingerprint density at radius 3 is 2.44 bits per heavy atom. The van der Waals surface area contributed by atoms with Crippen LogP contribution in [0.3, 0.4) is 0 Å². The van der Waals surface area contributed by atoms with Gasteiger partial charge in [-0.15, -0.1) is 0 Å². The third-order valence-electron chi connectivity index (χ3n) is 5.10. The lowest BCUT2D eigenvalue weighted by atomic mass is 10.1. The van der Waals surface area contributed by atoms with Gasteiger partial charge in [0.1, 0.15) is 23.9 Å². The third kappa shape index (κ3) is 4.39. The van der Waals surface area contributed by atoms with Crippen LogP contribution < -0.4 is 14.4 Å². The first-order valence-electron chi connectivity index (χ1n) is 9.11. The molecular weight excluding hydrogens is 347 g/mol. The van der Waals surface area contributed by atoms with Crippen molar-refractivity contribution in [2.75, 3.05) is 40.4 Å². The van der Waals surface area contributed by atoms with Gasteiger partial charge in [0.15, 0.2) is 0 Å². The highest BCUT2D eigenvalue weighted by Crippen LogP contribution is 2.20. The highest BCUT2D eigenvalue weighted by molar-refractivity contribution is 5.94. The van der Waals surface area contributed by atoms with Gasteiger partial charge in [-0.3, -0.25) is 4.79 Å². The van der Waals surface area contributed by atoms with Gasteiger partial charge in [0.05, 0.1) is 46.0 Å². The first-order valence-corrected chi connectivity index (χ1v) is 9.11. The van der Waals surface area contributed by atoms with Gasteiger partial charge in [0.2, 0.25) is 0 Å². The summed E-state index contributed by atoms with van der Waals surface area (Å²) in [6.07, 6.45) is 0. The van der Waals surface area contributed by atoms with Crippen LogP contribution in [0.25, 0.3) is 0 Å². The highest BCUT2D eigenvalue weighted by atomic mass is 19.1. The van der Waals surface area contributed by atoms with Crippen LogP contribution in [0.5, 0.6) is 11.5 Å². The molecule has 27 heavy (non-hydrogen) atoms. The summed E-state index contributed by atoms with van der Waals surface area (Å²) < 4.78 is 24.2. The van der Waals surface area contributed by atoms with Crippen LogP contribution in [0, 0.1) is 12.7 Å². The molecule has 0 aromatic heterocycles. The van der Waals surface area contributed by atoms with Crippen LogP contribution in [0.1, 0.15) is 21.5 Å². The van der Waals surface area contributed by atoms with E-state index in [2.05, 4.69) is 0 Å². The van der Waals surface area contributed by atoms with E-state index < -0.39 is 0 Å². The number of nitrogens with one attached hydrogen (secondary N) is 1. The fourth-order valence-electron chi connectivity index (χ4n) is 3.49. The van der Waals surface area contributed by atoms with E-state index in [-0.39, 0.29) is 11.7 Å². The number of aryl methyl sites for hydroxylation is 1. The van der Waals surface area contributed by atoms with Crippen molar-refractivity contribution >= 4 is 5.91 Å². The second-order valence-corrected chi connectivity index (χ2v) is 6.86. The second-order valence-electron chi connectivity index (χ2n) is 6.86. The van der Waals surface area contributed by atoms with Gasteiger partial charge in [0.25, 0.3) is 5.91 Å². The van der Waals surface area contributed by atoms with E-state index in [0.717, 1.165) is 30.0 Å². The lowest BCUT2D eigenvalue weighted by Crippen LogP contribution is -3.13. The number of amides is 1. The fourth-order valence-corrected chi connectivity index (χ4v) is 3.49. The van der Waals surface area contributed by atoms with Crippen LogP contribution in [0.15, 0.2) is 36.4 Å².